The van der Waals surface area contributed by atoms with Gasteiger partial charge in [-0.15, -0.1) is 0 Å². The van der Waals surface area contributed by atoms with Gasteiger partial charge in [0, 0.05) is 33.9 Å². The van der Waals surface area contributed by atoms with Gasteiger partial charge in [0.1, 0.15) is 11.5 Å². The predicted molar refractivity (Wildman–Crippen MR) is 84.1 cm³/mol. The van der Waals surface area contributed by atoms with Gasteiger partial charge in [-0.25, -0.2) is 0 Å². The average molecular weight is 299 g/mol. The molecular formula is C15H25NO3S. The molecule has 0 fully saturated rings. The van der Waals surface area contributed by atoms with Crippen molar-refractivity contribution < 1.29 is 13.7 Å². The fourth-order valence-corrected chi connectivity index (χ4v) is 2.41. The van der Waals surface area contributed by atoms with Gasteiger partial charge in [0.2, 0.25) is 0 Å². The summed E-state index contributed by atoms with van der Waals surface area (Å²) >= 11 is 0. The molecule has 1 aromatic rings. The van der Waals surface area contributed by atoms with E-state index in [0.29, 0.717) is 0 Å². The van der Waals surface area contributed by atoms with Crippen LogP contribution in [0.25, 0.3) is 0 Å². The molecule has 0 spiro atoms. The first kappa shape index (κ1) is 17.0. The molecule has 0 bridgehead atoms. The van der Waals surface area contributed by atoms with Crippen molar-refractivity contribution in [3.8, 4) is 11.5 Å². The van der Waals surface area contributed by atoms with Crippen molar-refractivity contribution in [2.24, 2.45) is 0 Å². The molecule has 0 aromatic heterocycles. The van der Waals surface area contributed by atoms with E-state index in [-0.39, 0.29) is 11.3 Å². The van der Waals surface area contributed by atoms with Crippen LogP contribution < -0.4 is 14.8 Å². The average Bonchev–Trinajstić information content (AvgIpc) is 2.45. The number of hydrogen-bond donors (Lipinski definition) is 1. The Bertz CT molecular complexity index is 451. The summed E-state index contributed by atoms with van der Waals surface area (Å²) in [4.78, 5) is 0. The van der Waals surface area contributed by atoms with E-state index in [0.717, 1.165) is 30.0 Å². The van der Waals surface area contributed by atoms with E-state index in [1.807, 2.05) is 25.1 Å². The Balaban J connectivity index is 2.66. The summed E-state index contributed by atoms with van der Waals surface area (Å²) in [5.74, 6) is 1.66. The van der Waals surface area contributed by atoms with Crippen LogP contribution in [0, 0.1) is 0 Å². The Morgan fingerprint density at radius 3 is 2.50 bits per heavy atom. The monoisotopic (exact) mass is 299 g/mol. The highest BCUT2D eigenvalue weighted by atomic mass is 32.2. The zero-order valence-corrected chi connectivity index (χ0v) is 13.8. The van der Waals surface area contributed by atoms with Gasteiger partial charge in [0.15, 0.2) is 0 Å². The predicted octanol–water partition coefficient (Wildman–Crippen LogP) is 2.51. The van der Waals surface area contributed by atoms with Crippen molar-refractivity contribution in [1.82, 2.24) is 5.32 Å². The van der Waals surface area contributed by atoms with E-state index >= 15 is 0 Å². The van der Waals surface area contributed by atoms with Gasteiger partial charge < -0.3 is 14.8 Å². The third-order valence-corrected chi connectivity index (χ3v) is 4.84. The zero-order valence-electron chi connectivity index (χ0n) is 12.9. The van der Waals surface area contributed by atoms with Gasteiger partial charge >= 0.3 is 0 Å². The van der Waals surface area contributed by atoms with Crippen molar-refractivity contribution in [1.29, 1.82) is 0 Å². The van der Waals surface area contributed by atoms with Crippen molar-refractivity contribution in [3.63, 3.8) is 0 Å². The molecule has 3 unspecified atom stereocenters. The van der Waals surface area contributed by atoms with Gasteiger partial charge in [-0.1, -0.05) is 6.92 Å². The molecule has 0 aliphatic rings. The van der Waals surface area contributed by atoms with E-state index in [1.54, 1.807) is 20.5 Å². The SMILES string of the molecule is COc1ccc(OC)c(C(C)NCCC(C)S(C)=O)c1. The van der Waals surface area contributed by atoms with E-state index < -0.39 is 10.8 Å². The van der Waals surface area contributed by atoms with Crippen LogP contribution in [-0.4, -0.2) is 36.5 Å². The van der Waals surface area contributed by atoms with Crippen LogP contribution in [0.1, 0.15) is 31.9 Å². The first-order valence-electron chi connectivity index (χ1n) is 6.77. The second kappa shape index (κ2) is 8.27. The van der Waals surface area contributed by atoms with Crippen LogP contribution in [0.3, 0.4) is 0 Å². The lowest BCUT2D eigenvalue weighted by Crippen LogP contribution is -2.24. The molecule has 0 aliphatic heterocycles. The minimum Gasteiger partial charge on any atom is -0.497 e. The molecule has 1 N–H and O–H groups in total. The van der Waals surface area contributed by atoms with Gasteiger partial charge in [-0.3, -0.25) is 4.21 Å². The molecule has 3 atom stereocenters. The Morgan fingerprint density at radius 1 is 1.25 bits per heavy atom. The Kier molecular flexibility index (Phi) is 7.02. The van der Waals surface area contributed by atoms with E-state index in [9.17, 15) is 4.21 Å². The minimum atomic E-state index is -0.765. The molecule has 0 saturated heterocycles. The summed E-state index contributed by atoms with van der Waals surface area (Å²) < 4.78 is 22.0. The first-order valence-corrected chi connectivity index (χ1v) is 8.39. The standard InChI is InChI=1S/C15H25NO3S/c1-11(20(5)17)8-9-16-12(2)14-10-13(18-3)6-7-15(14)19-4/h6-7,10-12,16H,8-9H2,1-5H3. The molecule has 0 heterocycles. The molecule has 20 heavy (non-hydrogen) atoms. The number of rotatable bonds is 8. The van der Waals surface area contributed by atoms with E-state index in [4.69, 9.17) is 9.47 Å². The fourth-order valence-electron chi connectivity index (χ4n) is 1.96. The molecular weight excluding hydrogens is 274 g/mol. The van der Waals surface area contributed by atoms with E-state index in [2.05, 4.69) is 12.2 Å². The second-order valence-corrected chi connectivity index (χ2v) is 6.68. The maximum Gasteiger partial charge on any atom is 0.123 e. The van der Waals surface area contributed by atoms with Crippen LogP contribution >= 0.6 is 0 Å². The second-order valence-electron chi connectivity index (χ2n) is 4.88. The van der Waals surface area contributed by atoms with Gasteiger partial charge in [-0.05, 0) is 38.1 Å². The Labute approximate surface area is 124 Å². The third-order valence-electron chi connectivity index (χ3n) is 3.47. The number of benzene rings is 1. The summed E-state index contributed by atoms with van der Waals surface area (Å²) in [6.45, 7) is 4.92. The summed E-state index contributed by atoms with van der Waals surface area (Å²) in [5.41, 5.74) is 1.07. The largest absolute Gasteiger partial charge is 0.497 e. The fraction of sp³-hybridized carbons (Fsp3) is 0.600. The van der Waals surface area contributed by atoms with Crippen LogP contribution in [0.4, 0.5) is 0 Å². The summed E-state index contributed by atoms with van der Waals surface area (Å²) in [7, 11) is 2.56. The number of hydrogen-bond acceptors (Lipinski definition) is 4. The van der Waals surface area contributed by atoms with Gasteiger partial charge in [-0.2, -0.15) is 0 Å². The number of nitrogens with one attached hydrogen (secondary N) is 1. The molecule has 0 aliphatic carbocycles. The molecule has 1 rings (SSSR count). The highest BCUT2D eigenvalue weighted by Crippen LogP contribution is 2.29. The van der Waals surface area contributed by atoms with Crippen LogP contribution in [0.2, 0.25) is 0 Å². The summed E-state index contributed by atoms with van der Waals surface area (Å²) in [6, 6.07) is 5.93. The van der Waals surface area contributed by atoms with Crippen molar-refractivity contribution in [2.75, 3.05) is 27.0 Å². The molecule has 5 heteroatoms. The normalized spacial score (nSPS) is 15.4. The molecule has 0 saturated carbocycles. The van der Waals surface area contributed by atoms with Gasteiger partial charge in [0.25, 0.3) is 0 Å². The quantitative estimate of drug-likeness (QED) is 0.801. The molecule has 0 amide bonds. The molecule has 1 aromatic carbocycles. The van der Waals surface area contributed by atoms with E-state index in [1.165, 1.54) is 0 Å². The van der Waals surface area contributed by atoms with Crippen molar-refractivity contribution in [3.05, 3.63) is 23.8 Å². The highest BCUT2D eigenvalue weighted by molar-refractivity contribution is 7.84. The Morgan fingerprint density at radius 2 is 1.95 bits per heavy atom. The van der Waals surface area contributed by atoms with Crippen molar-refractivity contribution >= 4 is 10.8 Å². The summed E-state index contributed by atoms with van der Waals surface area (Å²) in [5, 5.41) is 3.65. The maximum atomic E-state index is 11.3. The number of methoxy groups -OCH3 is 2. The maximum absolute atomic E-state index is 11.3. The third kappa shape index (κ3) is 4.80. The van der Waals surface area contributed by atoms with Crippen LogP contribution in [0.5, 0.6) is 11.5 Å². The zero-order chi connectivity index (χ0) is 15.1. The highest BCUT2D eigenvalue weighted by Gasteiger charge is 2.13. The summed E-state index contributed by atoms with van der Waals surface area (Å²) in [6.07, 6.45) is 2.64. The van der Waals surface area contributed by atoms with Crippen LogP contribution in [-0.2, 0) is 10.8 Å². The van der Waals surface area contributed by atoms with Gasteiger partial charge in [0.05, 0.1) is 14.2 Å². The molecule has 4 nitrogen and oxygen atoms in total. The minimum absolute atomic E-state index is 0.151. The molecule has 0 radical (unpaired) electrons. The smallest absolute Gasteiger partial charge is 0.123 e. The first-order chi connectivity index (χ1) is 9.49. The topological polar surface area (TPSA) is 47.6 Å². The van der Waals surface area contributed by atoms with Crippen molar-refractivity contribution in [2.45, 2.75) is 31.6 Å². The van der Waals surface area contributed by atoms with Crippen LogP contribution in [0.15, 0.2) is 18.2 Å². The lowest BCUT2D eigenvalue weighted by Gasteiger charge is -2.19. The number of ether oxygens (including phenoxy) is 2. The Hall–Kier alpha value is -1.07. The molecule has 114 valence electrons. The lowest BCUT2D eigenvalue weighted by molar-refractivity contribution is 0.391. The lowest BCUT2D eigenvalue weighted by atomic mass is 10.1.